The lowest BCUT2D eigenvalue weighted by molar-refractivity contribution is -0.122. The molecule has 90 valence electrons. The van der Waals surface area contributed by atoms with Gasteiger partial charge in [0.25, 0.3) is 0 Å². The molecule has 1 aliphatic heterocycles. The third-order valence-corrected chi connectivity index (χ3v) is 3.35. The number of carbonyl (C=O) groups excluding carboxylic acids is 2. The summed E-state index contributed by atoms with van der Waals surface area (Å²) in [5.74, 6) is -0.228. The molecule has 1 atom stereocenters. The molecule has 0 unspecified atom stereocenters. The van der Waals surface area contributed by atoms with E-state index in [-0.39, 0.29) is 11.8 Å². The van der Waals surface area contributed by atoms with Crippen LogP contribution in [0.2, 0.25) is 0 Å². The van der Waals surface area contributed by atoms with Crippen LogP contribution in [0.15, 0.2) is 22.7 Å². The number of hydrogen-bond donors (Lipinski definition) is 2. The van der Waals surface area contributed by atoms with Gasteiger partial charge in [0, 0.05) is 10.9 Å². The number of rotatable bonds is 2. The second-order valence-corrected chi connectivity index (χ2v) is 4.99. The Kier molecular flexibility index (Phi) is 3.47. The Morgan fingerprint density at radius 1 is 1.53 bits per heavy atom. The minimum atomic E-state index is -0.407. The minimum absolute atomic E-state index is 0.0619. The third kappa shape index (κ3) is 2.85. The van der Waals surface area contributed by atoms with Crippen LogP contribution in [0, 0.1) is 6.92 Å². The van der Waals surface area contributed by atoms with Crippen molar-refractivity contribution in [3.05, 3.63) is 28.2 Å². The van der Waals surface area contributed by atoms with E-state index in [9.17, 15) is 9.59 Å². The first-order valence-corrected chi connectivity index (χ1v) is 6.22. The van der Waals surface area contributed by atoms with Gasteiger partial charge in [-0.2, -0.15) is 0 Å². The maximum absolute atomic E-state index is 11.9. The second kappa shape index (κ2) is 4.87. The zero-order chi connectivity index (χ0) is 12.4. The summed E-state index contributed by atoms with van der Waals surface area (Å²) in [6, 6.07) is 5.29. The molecule has 0 spiro atoms. The van der Waals surface area contributed by atoms with E-state index in [1.807, 2.05) is 25.1 Å². The zero-order valence-corrected chi connectivity index (χ0v) is 11.0. The van der Waals surface area contributed by atoms with Gasteiger partial charge in [-0.3, -0.25) is 9.59 Å². The number of nitrogens with one attached hydrogen (secondary N) is 2. The van der Waals surface area contributed by atoms with Crippen molar-refractivity contribution >= 4 is 33.4 Å². The molecule has 1 aliphatic rings. The Balaban J connectivity index is 2.05. The molecule has 2 rings (SSSR count). The smallest absolute Gasteiger partial charge is 0.246 e. The van der Waals surface area contributed by atoms with Crippen molar-refractivity contribution in [3.8, 4) is 0 Å². The maximum atomic E-state index is 11.9. The monoisotopic (exact) mass is 296 g/mol. The van der Waals surface area contributed by atoms with Gasteiger partial charge in [-0.1, -0.05) is 6.07 Å². The van der Waals surface area contributed by atoms with Gasteiger partial charge in [-0.25, -0.2) is 0 Å². The van der Waals surface area contributed by atoms with E-state index in [0.717, 1.165) is 15.7 Å². The third-order valence-electron chi connectivity index (χ3n) is 2.69. The maximum Gasteiger partial charge on any atom is 0.246 e. The Bertz CT molecular complexity index is 474. The fraction of sp³-hybridized carbons (Fsp3) is 0.333. The van der Waals surface area contributed by atoms with Crippen LogP contribution in [0.3, 0.4) is 0 Å². The summed E-state index contributed by atoms with van der Waals surface area (Å²) in [7, 11) is 0. The van der Waals surface area contributed by atoms with Gasteiger partial charge in [0.1, 0.15) is 6.04 Å². The van der Waals surface area contributed by atoms with E-state index < -0.39 is 6.04 Å². The Morgan fingerprint density at radius 2 is 2.29 bits per heavy atom. The van der Waals surface area contributed by atoms with Crippen LogP contribution >= 0.6 is 15.9 Å². The summed E-state index contributed by atoms with van der Waals surface area (Å²) in [6.45, 7) is 1.98. The number of benzene rings is 1. The molecule has 2 amide bonds. The van der Waals surface area contributed by atoms with E-state index in [2.05, 4.69) is 26.6 Å². The second-order valence-electron chi connectivity index (χ2n) is 4.13. The molecule has 4 nitrogen and oxygen atoms in total. The fourth-order valence-corrected chi connectivity index (χ4v) is 2.34. The fourth-order valence-electron chi connectivity index (χ4n) is 1.75. The normalized spacial score (nSPS) is 18.9. The van der Waals surface area contributed by atoms with Crippen LogP contribution < -0.4 is 10.6 Å². The highest BCUT2D eigenvalue weighted by molar-refractivity contribution is 9.10. The van der Waals surface area contributed by atoms with Gasteiger partial charge in [-0.05, 0) is 47.0 Å². The predicted octanol–water partition coefficient (Wildman–Crippen LogP) is 1.97. The van der Waals surface area contributed by atoms with Crippen LogP contribution in [0.25, 0.3) is 0 Å². The van der Waals surface area contributed by atoms with Gasteiger partial charge < -0.3 is 10.6 Å². The first-order valence-electron chi connectivity index (χ1n) is 5.42. The molecule has 0 saturated carbocycles. The largest absolute Gasteiger partial charge is 0.344 e. The minimum Gasteiger partial charge on any atom is -0.344 e. The van der Waals surface area contributed by atoms with Gasteiger partial charge in [-0.15, -0.1) is 0 Å². The molecule has 17 heavy (non-hydrogen) atoms. The lowest BCUT2D eigenvalue weighted by Crippen LogP contribution is -2.37. The Hall–Kier alpha value is -1.36. The van der Waals surface area contributed by atoms with E-state index in [1.54, 1.807) is 0 Å². The Labute approximate surface area is 108 Å². The summed E-state index contributed by atoms with van der Waals surface area (Å²) in [5.41, 5.74) is 1.84. The van der Waals surface area contributed by atoms with Gasteiger partial charge >= 0.3 is 0 Å². The standard InChI is InChI=1S/C12H13BrN2O2/c1-7-2-3-9(8(13)6-7)15-12(17)10-4-5-11(16)14-10/h2-3,6,10H,4-5H2,1H3,(H,14,16)(H,15,17)/t10-/m1/s1. The van der Waals surface area contributed by atoms with Crippen molar-refractivity contribution in [1.29, 1.82) is 0 Å². The average Bonchev–Trinajstić information content (AvgIpc) is 2.69. The van der Waals surface area contributed by atoms with E-state index in [0.29, 0.717) is 12.8 Å². The summed E-state index contributed by atoms with van der Waals surface area (Å²) < 4.78 is 0.843. The number of halogens is 1. The van der Waals surface area contributed by atoms with Crippen molar-refractivity contribution in [3.63, 3.8) is 0 Å². The average molecular weight is 297 g/mol. The number of anilines is 1. The first-order chi connectivity index (χ1) is 8.06. The highest BCUT2D eigenvalue weighted by Crippen LogP contribution is 2.24. The molecule has 0 radical (unpaired) electrons. The number of aryl methyl sites for hydroxylation is 1. The van der Waals surface area contributed by atoms with Gasteiger partial charge in [0.15, 0.2) is 0 Å². The van der Waals surface area contributed by atoms with Crippen molar-refractivity contribution in [2.24, 2.45) is 0 Å². The van der Waals surface area contributed by atoms with Crippen molar-refractivity contribution in [1.82, 2.24) is 5.32 Å². The molecule has 2 N–H and O–H groups in total. The lowest BCUT2D eigenvalue weighted by Gasteiger charge is -2.12. The van der Waals surface area contributed by atoms with Crippen LogP contribution in [-0.2, 0) is 9.59 Å². The Morgan fingerprint density at radius 3 is 2.88 bits per heavy atom. The SMILES string of the molecule is Cc1ccc(NC(=O)[C@H]2CCC(=O)N2)c(Br)c1. The van der Waals surface area contributed by atoms with E-state index >= 15 is 0 Å². The van der Waals surface area contributed by atoms with Crippen LogP contribution in [0.4, 0.5) is 5.69 Å². The van der Waals surface area contributed by atoms with Crippen LogP contribution in [-0.4, -0.2) is 17.9 Å². The van der Waals surface area contributed by atoms with E-state index in [4.69, 9.17) is 0 Å². The summed E-state index contributed by atoms with van der Waals surface area (Å²) >= 11 is 3.39. The molecular weight excluding hydrogens is 284 g/mol. The number of hydrogen-bond acceptors (Lipinski definition) is 2. The highest BCUT2D eigenvalue weighted by Gasteiger charge is 2.27. The quantitative estimate of drug-likeness (QED) is 0.877. The number of carbonyl (C=O) groups is 2. The topological polar surface area (TPSA) is 58.2 Å². The molecule has 5 heteroatoms. The van der Waals surface area contributed by atoms with Crippen molar-refractivity contribution < 1.29 is 9.59 Å². The molecule has 1 saturated heterocycles. The molecule has 0 bridgehead atoms. The van der Waals surface area contributed by atoms with Crippen LogP contribution in [0.5, 0.6) is 0 Å². The molecule has 1 heterocycles. The first kappa shape index (κ1) is 12.1. The van der Waals surface area contributed by atoms with Crippen LogP contribution in [0.1, 0.15) is 18.4 Å². The predicted molar refractivity (Wildman–Crippen MR) is 68.7 cm³/mol. The van der Waals surface area contributed by atoms with Crippen molar-refractivity contribution in [2.45, 2.75) is 25.8 Å². The number of amides is 2. The molecule has 1 fully saturated rings. The molecule has 1 aromatic carbocycles. The van der Waals surface area contributed by atoms with Gasteiger partial charge in [0.2, 0.25) is 11.8 Å². The molecule has 0 aromatic heterocycles. The molecular formula is C12H13BrN2O2. The molecule has 1 aromatic rings. The van der Waals surface area contributed by atoms with Gasteiger partial charge in [0.05, 0.1) is 5.69 Å². The molecule has 0 aliphatic carbocycles. The summed E-state index contributed by atoms with van der Waals surface area (Å²) in [4.78, 5) is 22.9. The van der Waals surface area contributed by atoms with E-state index in [1.165, 1.54) is 0 Å². The zero-order valence-electron chi connectivity index (χ0n) is 9.42. The lowest BCUT2D eigenvalue weighted by atomic mass is 10.2. The summed E-state index contributed by atoms with van der Waals surface area (Å²) in [5, 5.41) is 5.44. The summed E-state index contributed by atoms with van der Waals surface area (Å²) in [6.07, 6.45) is 0.987. The highest BCUT2D eigenvalue weighted by atomic mass is 79.9. The van der Waals surface area contributed by atoms with Crippen molar-refractivity contribution in [2.75, 3.05) is 5.32 Å².